The molecule has 0 bridgehead atoms. The Kier molecular flexibility index (Phi) is 4.26. The SMILES string of the molecule is CC1=CN=NC1(c1cc(F)ccc1F)C1CC2(C1)CN(C(=O)c1cc(O)ccc1F)C2. The van der Waals surface area contributed by atoms with Crippen LogP contribution in [-0.4, -0.2) is 29.0 Å². The average molecular weight is 427 g/mol. The number of benzene rings is 2. The summed E-state index contributed by atoms with van der Waals surface area (Å²) < 4.78 is 42.6. The van der Waals surface area contributed by atoms with E-state index < -0.39 is 28.9 Å². The molecule has 2 aromatic rings. The zero-order valence-electron chi connectivity index (χ0n) is 16.8. The molecule has 2 heterocycles. The fourth-order valence-electron chi connectivity index (χ4n) is 5.36. The molecule has 1 aliphatic carbocycles. The van der Waals surface area contributed by atoms with Gasteiger partial charge >= 0.3 is 0 Å². The highest BCUT2D eigenvalue weighted by Crippen LogP contribution is 2.61. The van der Waals surface area contributed by atoms with Crippen LogP contribution in [0, 0.1) is 28.8 Å². The molecule has 2 aliphatic heterocycles. The lowest BCUT2D eigenvalue weighted by molar-refractivity contribution is -0.0942. The Morgan fingerprint density at radius 3 is 2.48 bits per heavy atom. The molecule has 5 rings (SSSR count). The van der Waals surface area contributed by atoms with Gasteiger partial charge in [0.15, 0.2) is 0 Å². The molecule has 1 atom stereocenters. The van der Waals surface area contributed by atoms with Crippen LogP contribution in [0.5, 0.6) is 5.75 Å². The predicted molar refractivity (Wildman–Crippen MR) is 106 cm³/mol. The summed E-state index contributed by atoms with van der Waals surface area (Å²) in [7, 11) is 0. The Balaban J connectivity index is 1.34. The lowest BCUT2D eigenvalue weighted by Crippen LogP contribution is -2.66. The molecule has 1 saturated carbocycles. The van der Waals surface area contributed by atoms with Crippen LogP contribution in [0.15, 0.2) is 58.4 Å². The minimum absolute atomic E-state index is 0.0824. The largest absolute Gasteiger partial charge is 0.508 e. The van der Waals surface area contributed by atoms with E-state index in [4.69, 9.17) is 0 Å². The molecule has 1 amide bonds. The number of hydrogen-bond donors (Lipinski definition) is 1. The number of phenols is 1. The fourth-order valence-corrected chi connectivity index (χ4v) is 5.36. The van der Waals surface area contributed by atoms with Crippen LogP contribution in [0.3, 0.4) is 0 Å². The van der Waals surface area contributed by atoms with Crippen molar-refractivity contribution in [2.24, 2.45) is 21.6 Å². The summed E-state index contributed by atoms with van der Waals surface area (Å²) >= 11 is 0. The van der Waals surface area contributed by atoms with E-state index in [0.717, 1.165) is 29.8 Å². The van der Waals surface area contributed by atoms with E-state index in [1.165, 1.54) is 12.1 Å². The molecule has 0 radical (unpaired) electrons. The molecule has 2 fully saturated rings. The van der Waals surface area contributed by atoms with Gasteiger partial charge in [-0.05, 0) is 67.7 Å². The third-order valence-electron chi connectivity index (χ3n) is 6.88. The summed E-state index contributed by atoms with van der Waals surface area (Å²) in [5.41, 5.74) is -0.420. The minimum atomic E-state index is -1.04. The molecule has 160 valence electrons. The number of carbonyl (C=O) groups excluding carboxylic acids is 1. The third-order valence-corrected chi connectivity index (χ3v) is 6.88. The van der Waals surface area contributed by atoms with Gasteiger partial charge in [0.25, 0.3) is 5.91 Å². The van der Waals surface area contributed by atoms with Crippen LogP contribution >= 0.6 is 0 Å². The second-order valence-corrected chi connectivity index (χ2v) is 8.85. The smallest absolute Gasteiger partial charge is 0.257 e. The highest BCUT2D eigenvalue weighted by Gasteiger charge is 2.61. The van der Waals surface area contributed by atoms with Gasteiger partial charge in [-0.1, -0.05) is 0 Å². The molecular weight excluding hydrogens is 407 g/mol. The lowest BCUT2D eigenvalue weighted by Gasteiger charge is -2.61. The summed E-state index contributed by atoms with van der Waals surface area (Å²) in [6.45, 7) is 2.70. The zero-order valence-corrected chi connectivity index (χ0v) is 16.8. The van der Waals surface area contributed by atoms with Crippen LogP contribution in [0.25, 0.3) is 0 Å². The molecule has 8 heteroatoms. The van der Waals surface area contributed by atoms with E-state index in [-0.39, 0.29) is 28.2 Å². The van der Waals surface area contributed by atoms with Gasteiger partial charge < -0.3 is 10.0 Å². The number of aromatic hydroxyl groups is 1. The number of likely N-dealkylation sites (tertiary alicyclic amines) is 1. The number of halogens is 3. The molecular formula is C23H20F3N3O2. The Labute approximate surface area is 176 Å². The molecule has 5 nitrogen and oxygen atoms in total. The highest BCUT2D eigenvalue weighted by molar-refractivity contribution is 5.95. The maximum absolute atomic E-state index is 14.7. The standard InChI is InChI=1S/C23H20F3N3O2/c1-13-10-27-28-23(13,18-6-15(24)2-4-20(18)26)14-8-22(9-14)11-29(12-22)21(31)17-7-16(30)3-5-19(17)25/h2-7,10,14,30H,8-9,11-12H2,1H3. The number of azo groups is 1. The van der Waals surface area contributed by atoms with Crippen molar-refractivity contribution in [3.8, 4) is 5.75 Å². The Morgan fingerprint density at radius 2 is 1.81 bits per heavy atom. The van der Waals surface area contributed by atoms with Gasteiger partial charge in [-0.2, -0.15) is 10.2 Å². The van der Waals surface area contributed by atoms with Gasteiger partial charge in [-0.25, -0.2) is 13.2 Å². The summed E-state index contributed by atoms with van der Waals surface area (Å²) in [5.74, 6) is -2.46. The summed E-state index contributed by atoms with van der Waals surface area (Å²) in [6, 6.07) is 6.75. The van der Waals surface area contributed by atoms with Crippen molar-refractivity contribution in [1.29, 1.82) is 0 Å². The zero-order chi connectivity index (χ0) is 22.0. The van der Waals surface area contributed by atoms with Crippen LogP contribution < -0.4 is 0 Å². The van der Waals surface area contributed by atoms with Crippen molar-refractivity contribution in [3.05, 3.63) is 76.7 Å². The van der Waals surface area contributed by atoms with Crippen molar-refractivity contribution >= 4 is 5.91 Å². The molecule has 1 saturated heterocycles. The first-order valence-corrected chi connectivity index (χ1v) is 10.1. The first-order chi connectivity index (χ1) is 14.7. The molecule has 3 aliphatic rings. The molecule has 1 unspecified atom stereocenters. The Hall–Kier alpha value is -3.16. The topological polar surface area (TPSA) is 65.3 Å². The predicted octanol–water partition coefficient (Wildman–Crippen LogP) is 4.93. The van der Waals surface area contributed by atoms with Gasteiger partial charge in [-0.15, -0.1) is 0 Å². The second-order valence-electron chi connectivity index (χ2n) is 8.85. The third kappa shape index (κ3) is 2.88. The maximum atomic E-state index is 14.7. The first kappa shape index (κ1) is 19.8. The van der Waals surface area contributed by atoms with Crippen molar-refractivity contribution in [1.82, 2.24) is 4.90 Å². The van der Waals surface area contributed by atoms with Crippen LogP contribution in [0.1, 0.15) is 35.7 Å². The monoisotopic (exact) mass is 427 g/mol. The molecule has 1 spiro atoms. The number of phenolic OH excluding ortho intramolecular Hbond substituents is 1. The maximum Gasteiger partial charge on any atom is 0.257 e. The Morgan fingerprint density at radius 1 is 1.10 bits per heavy atom. The quantitative estimate of drug-likeness (QED) is 0.755. The number of nitrogens with zero attached hydrogens (tertiary/aromatic N) is 3. The molecule has 1 N–H and O–H groups in total. The number of carbonyl (C=O) groups is 1. The lowest BCUT2D eigenvalue weighted by atomic mass is 9.51. The Bertz CT molecular complexity index is 1150. The molecule has 2 aromatic carbocycles. The van der Waals surface area contributed by atoms with E-state index in [1.54, 1.807) is 11.1 Å². The van der Waals surface area contributed by atoms with Crippen LogP contribution in [-0.2, 0) is 5.54 Å². The summed E-state index contributed by atoms with van der Waals surface area (Å²) in [4.78, 5) is 14.2. The van der Waals surface area contributed by atoms with Crippen molar-refractivity contribution in [3.63, 3.8) is 0 Å². The van der Waals surface area contributed by atoms with Gasteiger partial charge in [0, 0.05) is 24.1 Å². The van der Waals surface area contributed by atoms with Gasteiger partial charge in [0.2, 0.25) is 0 Å². The fraction of sp³-hybridized carbons (Fsp3) is 0.348. The van der Waals surface area contributed by atoms with E-state index in [0.29, 0.717) is 25.9 Å². The van der Waals surface area contributed by atoms with E-state index in [1.807, 2.05) is 6.92 Å². The van der Waals surface area contributed by atoms with Crippen LogP contribution in [0.4, 0.5) is 13.2 Å². The second kappa shape index (κ2) is 6.67. The van der Waals surface area contributed by atoms with Gasteiger partial charge in [0.1, 0.15) is 28.7 Å². The van der Waals surface area contributed by atoms with E-state index in [2.05, 4.69) is 10.2 Å². The van der Waals surface area contributed by atoms with E-state index in [9.17, 15) is 23.1 Å². The number of amides is 1. The molecule has 0 aromatic heterocycles. The first-order valence-electron chi connectivity index (χ1n) is 10.1. The van der Waals surface area contributed by atoms with Crippen molar-refractivity contribution < 1.29 is 23.1 Å². The summed E-state index contributed by atoms with van der Waals surface area (Å²) in [5, 5.41) is 17.9. The number of rotatable bonds is 3. The van der Waals surface area contributed by atoms with Crippen molar-refractivity contribution in [2.45, 2.75) is 25.3 Å². The van der Waals surface area contributed by atoms with Gasteiger partial charge in [-0.3, -0.25) is 4.79 Å². The number of hydrogen-bond acceptors (Lipinski definition) is 4. The van der Waals surface area contributed by atoms with Crippen molar-refractivity contribution in [2.75, 3.05) is 13.1 Å². The summed E-state index contributed by atoms with van der Waals surface area (Å²) in [6.07, 6.45) is 2.91. The van der Waals surface area contributed by atoms with Crippen LogP contribution in [0.2, 0.25) is 0 Å². The minimum Gasteiger partial charge on any atom is -0.508 e. The van der Waals surface area contributed by atoms with E-state index >= 15 is 0 Å². The van der Waals surface area contributed by atoms with Gasteiger partial charge in [0.05, 0.1) is 11.8 Å². The average Bonchev–Trinajstić information content (AvgIpc) is 3.05. The highest BCUT2D eigenvalue weighted by atomic mass is 19.1. The molecule has 31 heavy (non-hydrogen) atoms. The normalized spacial score (nSPS) is 24.1.